The first-order chi connectivity index (χ1) is 8.62. The van der Waals surface area contributed by atoms with Gasteiger partial charge in [-0.1, -0.05) is 22.6 Å². The highest BCUT2D eigenvalue weighted by Crippen LogP contribution is 2.31. The first-order valence-corrected chi connectivity index (χ1v) is 7.58. The first kappa shape index (κ1) is 16.7. The van der Waals surface area contributed by atoms with E-state index in [0.29, 0.717) is 6.42 Å². The molecular weight excluding hydrogens is 363 g/mol. The van der Waals surface area contributed by atoms with E-state index < -0.39 is 29.7 Å². The van der Waals surface area contributed by atoms with E-state index in [2.05, 4.69) is 22.6 Å². The van der Waals surface area contributed by atoms with Crippen molar-refractivity contribution < 1.29 is 24.2 Å². The Hall–Kier alpha value is -0.370. The molecule has 0 unspecified atom stereocenters. The van der Waals surface area contributed by atoms with Gasteiger partial charge in [-0.2, -0.15) is 0 Å². The Balaban J connectivity index is 2.78. The molecule has 0 aromatic rings. The van der Waals surface area contributed by atoms with Gasteiger partial charge < -0.3 is 14.6 Å². The van der Waals surface area contributed by atoms with Crippen molar-refractivity contribution in [3.05, 3.63) is 0 Å². The number of carbonyl (C=O) groups excluding carboxylic acids is 2. The molecule has 0 aromatic heterocycles. The molecule has 5 nitrogen and oxygen atoms in total. The molecule has 1 aliphatic rings. The number of rotatable bonds is 2. The molecule has 0 saturated heterocycles. The van der Waals surface area contributed by atoms with Crippen molar-refractivity contribution in [3.8, 4) is 0 Å². The number of ether oxygens (including phenoxy) is 2. The number of hydrogen-bond donors (Lipinski definition) is 1. The lowest BCUT2D eigenvalue weighted by molar-refractivity contribution is -0.185. The van der Waals surface area contributed by atoms with Crippen molar-refractivity contribution in [1.29, 1.82) is 0 Å². The second-order valence-electron chi connectivity index (χ2n) is 5.85. The van der Waals surface area contributed by atoms with Crippen LogP contribution in [0.5, 0.6) is 0 Å². The highest BCUT2D eigenvalue weighted by Gasteiger charge is 2.42. The van der Waals surface area contributed by atoms with E-state index in [1.54, 1.807) is 20.8 Å². The highest BCUT2D eigenvalue weighted by molar-refractivity contribution is 14.1. The van der Waals surface area contributed by atoms with Gasteiger partial charge in [0, 0.05) is 10.8 Å². The molecule has 19 heavy (non-hydrogen) atoms. The molecule has 0 radical (unpaired) electrons. The quantitative estimate of drug-likeness (QED) is 0.447. The molecule has 6 heteroatoms. The number of halogens is 1. The van der Waals surface area contributed by atoms with Gasteiger partial charge in [-0.05, 0) is 33.6 Å². The van der Waals surface area contributed by atoms with Gasteiger partial charge in [-0.3, -0.25) is 9.59 Å². The second kappa shape index (κ2) is 6.39. The lowest BCUT2D eigenvalue weighted by Gasteiger charge is -2.37. The summed E-state index contributed by atoms with van der Waals surface area (Å²) in [5, 5.41) is 10.1. The predicted octanol–water partition coefficient (Wildman–Crippen LogP) is 1.83. The maximum Gasteiger partial charge on any atom is 0.311 e. The van der Waals surface area contributed by atoms with Gasteiger partial charge in [0.15, 0.2) is 6.10 Å². The third-order valence-corrected chi connectivity index (χ3v) is 4.33. The fourth-order valence-electron chi connectivity index (χ4n) is 1.86. The summed E-state index contributed by atoms with van der Waals surface area (Å²) < 4.78 is 10.5. The van der Waals surface area contributed by atoms with Crippen molar-refractivity contribution in [1.82, 2.24) is 0 Å². The van der Waals surface area contributed by atoms with Crippen LogP contribution in [0.15, 0.2) is 0 Å². The van der Waals surface area contributed by atoms with Crippen LogP contribution in [0.3, 0.4) is 0 Å². The average Bonchev–Trinajstić information content (AvgIpc) is 2.26. The SMILES string of the molecule is CC(=O)O[C@H]1[C@@H](O)[C@H](I)CC[C@H]1OC(=O)C(C)(C)C. The van der Waals surface area contributed by atoms with Crippen molar-refractivity contribution >= 4 is 34.5 Å². The van der Waals surface area contributed by atoms with Crippen molar-refractivity contribution in [2.75, 3.05) is 0 Å². The van der Waals surface area contributed by atoms with E-state index >= 15 is 0 Å². The lowest BCUT2D eigenvalue weighted by Crippen LogP contribution is -2.51. The van der Waals surface area contributed by atoms with Gasteiger partial charge in [0.05, 0.1) is 5.41 Å². The van der Waals surface area contributed by atoms with E-state index in [4.69, 9.17) is 9.47 Å². The Morgan fingerprint density at radius 1 is 1.21 bits per heavy atom. The molecule has 0 amide bonds. The van der Waals surface area contributed by atoms with E-state index in [1.165, 1.54) is 6.92 Å². The number of hydrogen-bond acceptors (Lipinski definition) is 5. The Morgan fingerprint density at radius 2 is 1.79 bits per heavy atom. The van der Waals surface area contributed by atoms with Crippen LogP contribution in [0.4, 0.5) is 0 Å². The van der Waals surface area contributed by atoms with Gasteiger partial charge in [-0.15, -0.1) is 0 Å². The topological polar surface area (TPSA) is 72.8 Å². The summed E-state index contributed by atoms with van der Waals surface area (Å²) >= 11 is 2.12. The fourth-order valence-corrected chi connectivity index (χ4v) is 2.63. The average molecular weight is 384 g/mol. The minimum Gasteiger partial charge on any atom is -0.458 e. The fraction of sp³-hybridized carbons (Fsp3) is 0.846. The Bertz CT molecular complexity index is 349. The third-order valence-electron chi connectivity index (χ3n) is 2.97. The van der Waals surface area contributed by atoms with Crippen molar-refractivity contribution in [2.24, 2.45) is 5.41 Å². The summed E-state index contributed by atoms with van der Waals surface area (Å²) in [6.07, 6.45) is -0.849. The molecule has 0 bridgehead atoms. The van der Waals surface area contributed by atoms with E-state index in [-0.39, 0.29) is 9.89 Å². The number of alkyl halides is 1. The molecule has 0 aliphatic heterocycles. The summed E-state index contributed by atoms with van der Waals surface area (Å²) in [7, 11) is 0. The van der Waals surface area contributed by atoms with E-state index in [1.807, 2.05) is 0 Å². The zero-order valence-corrected chi connectivity index (χ0v) is 13.8. The molecule has 0 heterocycles. The Kier molecular flexibility index (Phi) is 5.61. The molecule has 0 spiro atoms. The van der Waals surface area contributed by atoms with Crippen LogP contribution in [0.2, 0.25) is 0 Å². The van der Waals surface area contributed by atoms with Gasteiger partial charge >= 0.3 is 11.9 Å². The maximum absolute atomic E-state index is 11.9. The summed E-state index contributed by atoms with van der Waals surface area (Å²) in [4.78, 5) is 23.0. The first-order valence-electron chi connectivity index (χ1n) is 6.33. The van der Waals surface area contributed by atoms with Crippen LogP contribution in [0.25, 0.3) is 0 Å². The molecule has 1 saturated carbocycles. The molecule has 1 fully saturated rings. The van der Waals surface area contributed by atoms with Crippen molar-refractivity contribution in [2.45, 2.75) is 62.8 Å². The third kappa shape index (κ3) is 4.59. The van der Waals surface area contributed by atoms with Crippen LogP contribution < -0.4 is 0 Å². The second-order valence-corrected chi connectivity index (χ2v) is 7.45. The molecular formula is C13H21IO5. The highest BCUT2D eigenvalue weighted by atomic mass is 127. The zero-order chi connectivity index (χ0) is 14.8. The predicted molar refractivity (Wildman–Crippen MR) is 77.9 cm³/mol. The van der Waals surface area contributed by atoms with Crippen LogP contribution in [0, 0.1) is 5.41 Å². The molecule has 1 N–H and O–H groups in total. The summed E-state index contributed by atoms with van der Waals surface area (Å²) in [5.41, 5.74) is -0.618. The summed E-state index contributed by atoms with van der Waals surface area (Å²) in [6.45, 7) is 6.57. The van der Waals surface area contributed by atoms with Crippen LogP contribution in [-0.4, -0.2) is 39.3 Å². The standard InChI is InChI=1S/C13H21IO5/c1-7(15)18-11-9(6-5-8(14)10(11)16)19-12(17)13(2,3)4/h8-11,16H,5-6H2,1-4H3/t8-,9-,10+,11-/m1/s1. The smallest absolute Gasteiger partial charge is 0.311 e. The molecule has 1 aliphatic carbocycles. The molecule has 0 aromatic carbocycles. The number of aliphatic hydroxyl groups excluding tert-OH is 1. The molecule has 4 atom stereocenters. The van der Waals surface area contributed by atoms with Crippen LogP contribution in [0.1, 0.15) is 40.5 Å². The Labute approximate surface area is 127 Å². The maximum atomic E-state index is 11.9. The molecule has 1 rings (SSSR count). The number of aliphatic hydroxyl groups is 1. The van der Waals surface area contributed by atoms with Gasteiger partial charge in [0.25, 0.3) is 0 Å². The van der Waals surface area contributed by atoms with Gasteiger partial charge in [0.1, 0.15) is 12.2 Å². The largest absolute Gasteiger partial charge is 0.458 e. The monoisotopic (exact) mass is 384 g/mol. The summed E-state index contributed by atoms with van der Waals surface area (Å²) in [5.74, 6) is -0.833. The zero-order valence-electron chi connectivity index (χ0n) is 11.7. The lowest BCUT2D eigenvalue weighted by atomic mass is 9.91. The summed E-state index contributed by atoms with van der Waals surface area (Å²) in [6, 6.07) is 0. The number of esters is 2. The normalized spacial score (nSPS) is 31.7. The van der Waals surface area contributed by atoms with Gasteiger partial charge in [0.2, 0.25) is 0 Å². The van der Waals surface area contributed by atoms with Crippen LogP contribution >= 0.6 is 22.6 Å². The van der Waals surface area contributed by atoms with Crippen molar-refractivity contribution in [3.63, 3.8) is 0 Å². The van der Waals surface area contributed by atoms with E-state index in [9.17, 15) is 14.7 Å². The van der Waals surface area contributed by atoms with Gasteiger partial charge in [-0.25, -0.2) is 0 Å². The minimum absolute atomic E-state index is 0.00783. The minimum atomic E-state index is -0.809. The Morgan fingerprint density at radius 3 is 2.26 bits per heavy atom. The molecule has 110 valence electrons. The van der Waals surface area contributed by atoms with E-state index in [0.717, 1.165) is 6.42 Å². The number of carbonyl (C=O) groups is 2. The van der Waals surface area contributed by atoms with Crippen LogP contribution in [-0.2, 0) is 19.1 Å².